The second-order valence-electron chi connectivity index (χ2n) is 11.3. The lowest BCUT2D eigenvalue weighted by Gasteiger charge is -2.37. The molecule has 1 aromatic rings. The Labute approximate surface area is 207 Å². The Morgan fingerprint density at radius 2 is 1.86 bits per heavy atom. The van der Waals surface area contributed by atoms with Crippen LogP contribution in [-0.2, 0) is 19.1 Å². The first kappa shape index (κ1) is 25.6. The molecule has 8 nitrogen and oxygen atoms in total. The maximum absolute atomic E-state index is 14.1. The van der Waals surface area contributed by atoms with Crippen molar-refractivity contribution in [3.8, 4) is 0 Å². The van der Waals surface area contributed by atoms with Crippen LogP contribution in [0.5, 0.6) is 0 Å². The minimum absolute atomic E-state index is 0.0260. The summed E-state index contributed by atoms with van der Waals surface area (Å²) in [6.45, 7) is 11.5. The smallest absolute Gasteiger partial charge is 0.250 e. The fraction of sp³-hybridized carbons (Fsp3) is 0.667. The predicted octanol–water partition coefficient (Wildman–Crippen LogP) is 2.41. The third-order valence-corrected chi connectivity index (χ3v) is 8.61. The molecule has 2 bridgehead atoms. The van der Waals surface area contributed by atoms with Crippen molar-refractivity contribution >= 4 is 23.4 Å². The summed E-state index contributed by atoms with van der Waals surface area (Å²) in [4.78, 5) is 42.9. The third kappa shape index (κ3) is 3.68. The van der Waals surface area contributed by atoms with Gasteiger partial charge < -0.3 is 25.4 Å². The summed E-state index contributed by atoms with van der Waals surface area (Å²) in [5, 5.41) is 16.1. The minimum atomic E-state index is -1.13. The molecule has 192 valence electrons. The molecular formula is C27H39N3O5. The Morgan fingerprint density at radius 1 is 1.23 bits per heavy atom. The number of para-hydroxylation sites is 1. The van der Waals surface area contributed by atoms with Crippen LogP contribution >= 0.6 is 0 Å². The van der Waals surface area contributed by atoms with E-state index < -0.39 is 35.1 Å². The van der Waals surface area contributed by atoms with Crippen LogP contribution in [0, 0.1) is 37.5 Å². The molecule has 3 aliphatic rings. The van der Waals surface area contributed by atoms with Crippen molar-refractivity contribution in [2.45, 2.75) is 77.7 Å². The zero-order valence-corrected chi connectivity index (χ0v) is 21.8. The van der Waals surface area contributed by atoms with Gasteiger partial charge in [-0.3, -0.25) is 14.4 Å². The molecule has 3 saturated heterocycles. The summed E-state index contributed by atoms with van der Waals surface area (Å²) in [6.07, 6.45) is 1.03. The number of carbonyl (C=O) groups excluding carboxylic acids is 3. The van der Waals surface area contributed by atoms with Gasteiger partial charge in [0.15, 0.2) is 0 Å². The molecule has 0 saturated carbocycles. The zero-order valence-electron chi connectivity index (χ0n) is 21.8. The third-order valence-electron chi connectivity index (χ3n) is 8.61. The second-order valence-corrected chi connectivity index (χ2v) is 11.3. The number of amides is 3. The number of aliphatic hydroxyl groups excluding tert-OH is 1. The number of benzene rings is 1. The molecule has 0 aliphatic carbocycles. The summed E-state index contributed by atoms with van der Waals surface area (Å²) in [5.74, 6) is -2.18. The van der Waals surface area contributed by atoms with Crippen LogP contribution in [0.4, 0.5) is 5.69 Å². The van der Waals surface area contributed by atoms with Crippen LogP contribution in [0.15, 0.2) is 18.2 Å². The fourth-order valence-corrected chi connectivity index (χ4v) is 6.95. The van der Waals surface area contributed by atoms with Crippen molar-refractivity contribution in [3.05, 3.63) is 29.3 Å². The molecule has 0 aromatic heterocycles. The topological polar surface area (TPSA) is 108 Å². The molecule has 7 atom stereocenters. The van der Waals surface area contributed by atoms with Crippen molar-refractivity contribution in [2.24, 2.45) is 23.7 Å². The number of nitrogens with zero attached hydrogens (tertiary/aromatic N) is 1. The normalized spacial score (nSPS) is 34.3. The Morgan fingerprint density at radius 3 is 2.40 bits per heavy atom. The molecule has 35 heavy (non-hydrogen) atoms. The number of hydrogen-bond donors (Lipinski definition) is 3. The van der Waals surface area contributed by atoms with Gasteiger partial charge in [-0.2, -0.15) is 0 Å². The van der Waals surface area contributed by atoms with Crippen molar-refractivity contribution in [3.63, 3.8) is 0 Å². The van der Waals surface area contributed by atoms with E-state index in [9.17, 15) is 19.5 Å². The summed E-state index contributed by atoms with van der Waals surface area (Å²) in [5.41, 5.74) is 0.571. The highest BCUT2D eigenvalue weighted by molar-refractivity contribution is 6.04. The molecule has 3 fully saturated rings. The van der Waals surface area contributed by atoms with Crippen molar-refractivity contribution in [2.75, 3.05) is 19.0 Å². The van der Waals surface area contributed by atoms with E-state index in [1.54, 1.807) is 11.9 Å². The minimum Gasteiger partial charge on any atom is -0.394 e. The van der Waals surface area contributed by atoms with E-state index in [1.165, 1.54) is 0 Å². The summed E-state index contributed by atoms with van der Waals surface area (Å²) in [7, 11) is 1.56. The predicted molar refractivity (Wildman–Crippen MR) is 133 cm³/mol. The Hall–Kier alpha value is -2.45. The highest BCUT2D eigenvalue weighted by Crippen LogP contribution is 2.65. The van der Waals surface area contributed by atoms with E-state index in [1.807, 2.05) is 59.7 Å². The van der Waals surface area contributed by atoms with Crippen LogP contribution in [-0.4, -0.2) is 64.7 Å². The number of anilines is 1. The first-order valence-corrected chi connectivity index (χ1v) is 12.6. The number of fused-ring (bicyclic) bond motifs is 1. The number of carbonyl (C=O) groups is 3. The van der Waals surface area contributed by atoms with Crippen LogP contribution in [0.2, 0.25) is 0 Å². The standard InChI is InChI=1S/C27H39N3O5/c1-14(2)11-18(13-31)30-22(24(33)29-21-15(3)9-8-10-16(21)4)27-12-17(5)26(6,35-27)19(23(32)28-7)20(27)25(30)34/h8-10,14,17-20,22,31H,11-13H2,1-7H3,(H,28,32)(H,29,33)/t17?,18-,19-,20+,22?,26+,27?/m1/s1. The van der Waals surface area contributed by atoms with E-state index >= 15 is 0 Å². The molecule has 3 aliphatic heterocycles. The van der Waals surface area contributed by atoms with Crippen molar-refractivity contribution in [1.29, 1.82) is 0 Å². The average Bonchev–Trinajstić information content (AvgIpc) is 3.31. The quantitative estimate of drug-likeness (QED) is 0.550. The Bertz CT molecular complexity index is 1020. The number of likely N-dealkylation sites (tertiary alicyclic amines) is 1. The Kier molecular flexibility index (Phi) is 6.51. The molecular weight excluding hydrogens is 446 g/mol. The van der Waals surface area contributed by atoms with E-state index in [2.05, 4.69) is 10.6 Å². The van der Waals surface area contributed by atoms with Gasteiger partial charge in [-0.1, -0.05) is 39.0 Å². The number of hydrogen-bond acceptors (Lipinski definition) is 5. The monoisotopic (exact) mass is 485 g/mol. The van der Waals surface area contributed by atoms with Crippen molar-refractivity contribution < 1.29 is 24.2 Å². The molecule has 1 spiro atoms. The molecule has 4 rings (SSSR count). The van der Waals surface area contributed by atoms with Gasteiger partial charge in [0.25, 0.3) is 0 Å². The maximum Gasteiger partial charge on any atom is 0.250 e. The van der Waals surface area contributed by atoms with Crippen LogP contribution in [0.25, 0.3) is 0 Å². The number of rotatable bonds is 7. The van der Waals surface area contributed by atoms with Gasteiger partial charge in [0.05, 0.1) is 30.1 Å². The van der Waals surface area contributed by atoms with Crippen molar-refractivity contribution in [1.82, 2.24) is 10.2 Å². The zero-order chi connectivity index (χ0) is 25.9. The summed E-state index contributed by atoms with van der Waals surface area (Å²) < 4.78 is 6.69. The molecule has 3 heterocycles. The molecule has 3 unspecified atom stereocenters. The molecule has 0 radical (unpaired) electrons. The summed E-state index contributed by atoms with van der Waals surface area (Å²) >= 11 is 0. The molecule has 3 N–H and O–H groups in total. The first-order valence-electron chi connectivity index (χ1n) is 12.6. The average molecular weight is 486 g/mol. The van der Waals surface area contributed by atoms with Gasteiger partial charge in [0.1, 0.15) is 11.6 Å². The molecule has 1 aromatic carbocycles. The highest BCUT2D eigenvalue weighted by Gasteiger charge is 2.80. The first-order chi connectivity index (χ1) is 16.4. The van der Waals surface area contributed by atoms with E-state index in [0.29, 0.717) is 18.5 Å². The largest absolute Gasteiger partial charge is 0.394 e. The van der Waals surface area contributed by atoms with Gasteiger partial charge in [-0.05, 0) is 56.6 Å². The van der Waals surface area contributed by atoms with Gasteiger partial charge in [0, 0.05) is 12.7 Å². The lowest BCUT2D eigenvalue weighted by molar-refractivity contribution is -0.149. The number of nitrogens with one attached hydrogen (secondary N) is 2. The van der Waals surface area contributed by atoms with Gasteiger partial charge in [-0.25, -0.2) is 0 Å². The van der Waals surface area contributed by atoms with Gasteiger partial charge in [-0.15, -0.1) is 0 Å². The number of aryl methyl sites for hydroxylation is 2. The van der Waals surface area contributed by atoms with Crippen LogP contribution in [0.1, 0.15) is 51.7 Å². The lowest BCUT2D eigenvalue weighted by Crippen LogP contribution is -2.56. The van der Waals surface area contributed by atoms with Gasteiger partial charge >= 0.3 is 0 Å². The molecule has 3 amide bonds. The highest BCUT2D eigenvalue weighted by atomic mass is 16.5. The van der Waals surface area contributed by atoms with Crippen LogP contribution in [0.3, 0.4) is 0 Å². The van der Waals surface area contributed by atoms with E-state index in [0.717, 1.165) is 11.1 Å². The number of ether oxygens (including phenoxy) is 1. The van der Waals surface area contributed by atoms with E-state index in [4.69, 9.17) is 4.74 Å². The van der Waals surface area contributed by atoms with E-state index in [-0.39, 0.29) is 36.2 Å². The second kappa shape index (κ2) is 8.89. The van der Waals surface area contributed by atoms with Crippen LogP contribution < -0.4 is 10.6 Å². The molecule has 8 heteroatoms. The fourth-order valence-electron chi connectivity index (χ4n) is 6.95. The van der Waals surface area contributed by atoms with Gasteiger partial charge in [0.2, 0.25) is 17.7 Å². The Balaban J connectivity index is 1.84. The maximum atomic E-state index is 14.1. The SMILES string of the molecule is CNC(=O)[C@H]1[C@H]2C(=O)N([C@@H](CO)CC(C)C)C(C(=O)Nc3c(C)cccc3C)C23CC(C)[C@]1(C)O3. The lowest BCUT2D eigenvalue weighted by atomic mass is 9.62. The number of aliphatic hydroxyl groups is 1. The summed E-state index contributed by atoms with van der Waals surface area (Å²) in [6, 6.07) is 4.29.